The minimum Gasteiger partial charge on any atom is -0.325 e. The largest absolute Gasteiger partial charge is 0.332 e. The molecule has 2 aromatic heterocycles. The highest BCUT2D eigenvalue weighted by Crippen LogP contribution is 2.21. The SMILES string of the molecule is CCSc1nc2c(c(=O)n(C)c(=O)n2C)n1CC(=O)Nc1ccc(C)c(C)c1. The third-order valence-corrected chi connectivity index (χ3v) is 5.54. The molecule has 0 bridgehead atoms. The minimum atomic E-state index is -0.465. The number of fused-ring (bicyclic) bond motifs is 1. The number of aromatic nitrogens is 4. The van der Waals surface area contributed by atoms with Gasteiger partial charge in [-0.2, -0.15) is 0 Å². The topological polar surface area (TPSA) is 90.9 Å². The van der Waals surface area contributed by atoms with Crippen molar-refractivity contribution in [2.45, 2.75) is 32.5 Å². The molecule has 148 valence electrons. The molecule has 9 heteroatoms. The summed E-state index contributed by atoms with van der Waals surface area (Å²) >= 11 is 1.42. The summed E-state index contributed by atoms with van der Waals surface area (Å²) in [7, 11) is 2.99. The lowest BCUT2D eigenvalue weighted by Crippen LogP contribution is -2.37. The highest BCUT2D eigenvalue weighted by molar-refractivity contribution is 7.99. The molecule has 28 heavy (non-hydrogen) atoms. The predicted molar refractivity (Wildman–Crippen MR) is 111 cm³/mol. The van der Waals surface area contributed by atoms with Crippen molar-refractivity contribution in [3.63, 3.8) is 0 Å². The Labute approximate surface area is 166 Å². The van der Waals surface area contributed by atoms with Crippen molar-refractivity contribution >= 4 is 34.5 Å². The zero-order valence-electron chi connectivity index (χ0n) is 16.6. The molecule has 0 aliphatic heterocycles. The summed E-state index contributed by atoms with van der Waals surface area (Å²) in [6.45, 7) is 5.88. The fourth-order valence-corrected chi connectivity index (χ4v) is 3.70. The van der Waals surface area contributed by atoms with Crippen LogP contribution in [0.4, 0.5) is 5.69 Å². The summed E-state index contributed by atoms with van der Waals surface area (Å²) in [5.74, 6) is 0.451. The molecule has 0 unspecified atom stereocenters. The number of nitrogens with zero attached hydrogens (tertiary/aromatic N) is 4. The van der Waals surface area contributed by atoms with Crippen LogP contribution in [0, 0.1) is 13.8 Å². The Morgan fingerprint density at radius 1 is 1.14 bits per heavy atom. The number of benzene rings is 1. The Morgan fingerprint density at radius 2 is 1.86 bits per heavy atom. The number of hydrogen-bond acceptors (Lipinski definition) is 5. The van der Waals surface area contributed by atoms with Crippen LogP contribution >= 0.6 is 11.8 Å². The Morgan fingerprint density at radius 3 is 2.50 bits per heavy atom. The van der Waals surface area contributed by atoms with Crippen LogP contribution < -0.4 is 16.6 Å². The van der Waals surface area contributed by atoms with Crippen molar-refractivity contribution in [3.8, 4) is 0 Å². The Hall–Kier alpha value is -2.81. The van der Waals surface area contributed by atoms with Crippen molar-refractivity contribution < 1.29 is 4.79 Å². The molecule has 1 N–H and O–H groups in total. The number of rotatable bonds is 5. The maximum atomic E-state index is 12.7. The lowest BCUT2D eigenvalue weighted by atomic mass is 10.1. The first-order valence-electron chi connectivity index (χ1n) is 8.90. The van der Waals surface area contributed by atoms with Gasteiger partial charge in [-0.25, -0.2) is 9.78 Å². The average molecular weight is 401 g/mol. The van der Waals surface area contributed by atoms with E-state index in [2.05, 4.69) is 10.3 Å². The van der Waals surface area contributed by atoms with E-state index >= 15 is 0 Å². The second-order valence-electron chi connectivity index (χ2n) is 6.64. The van der Waals surface area contributed by atoms with Gasteiger partial charge in [0.15, 0.2) is 16.3 Å². The minimum absolute atomic E-state index is 0.0702. The van der Waals surface area contributed by atoms with E-state index in [1.807, 2.05) is 39.0 Å². The summed E-state index contributed by atoms with van der Waals surface area (Å²) in [5, 5.41) is 3.40. The standard InChI is InChI=1S/C19H23N5O3S/c1-6-28-18-21-16-15(17(26)23(5)19(27)22(16)4)24(18)10-14(25)20-13-8-7-11(2)12(3)9-13/h7-9H,6,10H2,1-5H3,(H,20,25). The Bertz CT molecular complexity index is 1190. The van der Waals surface area contributed by atoms with Crippen molar-refractivity contribution in [2.24, 2.45) is 14.1 Å². The molecule has 0 radical (unpaired) electrons. The second kappa shape index (κ2) is 7.67. The van der Waals surface area contributed by atoms with Crippen LogP contribution in [0.15, 0.2) is 32.9 Å². The van der Waals surface area contributed by atoms with E-state index in [0.717, 1.165) is 21.4 Å². The quantitative estimate of drug-likeness (QED) is 0.659. The lowest BCUT2D eigenvalue weighted by molar-refractivity contribution is -0.116. The summed E-state index contributed by atoms with van der Waals surface area (Å²) in [4.78, 5) is 42.0. The van der Waals surface area contributed by atoms with Crippen molar-refractivity contribution in [2.75, 3.05) is 11.1 Å². The number of hydrogen-bond donors (Lipinski definition) is 1. The number of aryl methyl sites for hydroxylation is 3. The maximum absolute atomic E-state index is 12.7. The third-order valence-electron chi connectivity index (χ3n) is 4.68. The number of anilines is 1. The van der Waals surface area contributed by atoms with Gasteiger partial charge in [0.2, 0.25) is 5.91 Å². The lowest BCUT2D eigenvalue weighted by Gasteiger charge is -2.11. The highest BCUT2D eigenvalue weighted by atomic mass is 32.2. The second-order valence-corrected chi connectivity index (χ2v) is 7.87. The number of thioether (sulfide) groups is 1. The van der Waals surface area contributed by atoms with E-state index < -0.39 is 11.2 Å². The molecule has 0 aliphatic rings. The van der Waals surface area contributed by atoms with Crippen molar-refractivity contribution in [1.82, 2.24) is 18.7 Å². The van der Waals surface area contributed by atoms with Crippen LogP contribution in [-0.2, 0) is 25.4 Å². The van der Waals surface area contributed by atoms with Crippen LogP contribution in [-0.4, -0.2) is 30.3 Å². The molecule has 0 aliphatic carbocycles. The Kier molecular flexibility index (Phi) is 5.46. The molecule has 1 amide bonds. The first-order chi connectivity index (χ1) is 13.2. The van der Waals surface area contributed by atoms with Crippen LogP contribution in [0.25, 0.3) is 11.2 Å². The molecular weight excluding hydrogens is 378 g/mol. The van der Waals surface area contributed by atoms with Gasteiger partial charge in [-0.1, -0.05) is 24.8 Å². The zero-order valence-corrected chi connectivity index (χ0v) is 17.4. The van der Waals surface area contributed by atoms with Crippen LogP contribution in [0.5, 0.6) is 0 Å². The van der Waals surface area contributed by atoms with Gasteiger partial charge in [0, 0.05) is 19.8 Å². The van der Waals surface area contributed by atoms with Gasteiger partial charge in [-0.15, -0.1) is 0 Å². The van der Waals surface area contributed by atoms with Gasteiger partial charge >= 0.3 is 5.69 Å². The van der Waals surface area contributed by atoms with E-state index in [4.69, 9.17) is 0 Å². The van der Waals surface area contributed by atoms with Gasteiger partial charge in [-0.3, -0.25) is 18.7 Å². The summed E-state index contributed by atoms with van der Waals surface area (Å²) < 4.78 is 3.94. The molecule has 0 spiro atoms. The van der Waals surface area contributed by atoms with Gasteiger partial charge in [0.05, 0.1) is 0 Å². The van der Waals surface area contributed by atoms with Crippen LogP contribution in [0.1, 0.15) is 18.1 Å². The van der Waals surface area contributed by atoms with E-state index in [0.29, 0.717) is 10.8 Å². The van der Waals surface area contributed by atoms with Gasteiger partial charge in [-0.05, 0) is 42.9 Å². The van der Waals surface area contributed by atoms with Gasteiger partial charge in [0.25, 0.3) is 5.56 Å². The fourth-order valence-electron chi connectivity index (χ4n) is 2.98. The molecule has 0 saturated heterocycles. The zero-order chi connectivity index (χ0) is 20.6. The van der Waals surface area contributed by atoms with Crippen molar-refractivity contribution in [1.29, 1.82) is 0 Å². The summed E-state index contributed by atoms with van der Waals surface area (Å²) in [5.41, 5.74) is 2.53. The maximum Gasteiger partial charge on any atom is 0.332 e. The third kappa shape index (κ3) is 3.49. The summed E-state index contributed by atoms with van der Waals surface area (Å²) in [6, 6.07) is 5.70. The Balaban J connectivity index is 2.04. The van der Waals surface area contributed by atoms with E-state index in [1.54, 1.807) is 11.6 Å². The van der Waals surface area contributed by atoms with Crippen molar-refractivity contribution in [3.05, 3.63) is 50.2 Å². The molecule has 0 fully saturated rings. The monoisotopic (exact) mass is 401 g/mol. The molecule has 3 rings (SSSR count). The number of nitrogens with one attached hydrogen (secondary N) is 1. The number of imidazole rings is 1. The molecule has 3 aromatic rings. The molecule has 2 heterocycles. The first-order valence-corrected chi connectivity index (χ1v) is 9.89. The predicted octanol–water partition coefficient (Wildman–Crippen LogP) is 1.80. The van der Waals surface area contributed by atoms with Gasteiger partial charge in [0.1, 0.15) is 6.54 Å². The number of carbonyl (C=O) groups excluding carboxylic acids is 1. The average Bonchev–Trinajstić information content (AvgIpc) is 3.00. The molecule has 0 atom stereocenters. The molecule has 1 aromatic carbocycles. The van der Waals surface area contributed by atoms with E-state index in [1.165, 1.54) is 23.4 Å². The molecule has 8 nitrogen and oxygen atoms in total. The number of amides is 1. The molecule has 0 saturated carbocycles. The number of carbonyl (C=O) groups is 1. The van der Waals surface area contributed by atoms with E-state index in [-0.39, 0.29) is 23.6 Å². The fraction of sp³-hybridized carbons (Fsp3) is 0.368. The normalized spacial score (nSPS) is 11.2. The van der Waals surface area contributed by atoms with Crippen LogP contribution in [0.2, 0.25) is 0 Å². The molecular formula is C19H23N5O3S. The van der Waals surface area contributed by atoms with Crippen LogP contribution in [0.3, 0.4) is 0 Å². The smallest absolute Gasteiger partial charge is 0.325 e. The van der Waals surface area contributed by atoms with E-state index in [9.17, 15) is 14.4 Å². The summed E-state index contributed by atoms with van der Waals surface area (Å²) in [6.07, 6.45) is 0. The van der Waals surface area contributed by atoms with Gasteiger partial charge < -0.3 is 9.88 Å². The first kappa shape index (κ1) is 19.9. The highest BCUT2D eigenvalue weighted by Gasteiger charge is 2.20.